The van der Waals surface area contributed by atoms with E-state index in [0.29, 0.717) is 6.54 Å². The van der Waals surface area contributed by atoms with Crippen LogP contribution in [0.2, 0.25) is 0 Å². The first kappa shape index (κ1) is 11.5. The number of nitrogens with one attached hydrogen (secondary N) is 2. The van der Waals surface area contributed by atoms with Gasteiger partial charge in [0.25, 0.3) is 0 Å². The Hall–Kier alpha value is -1.54. The third-order valence-corrected chi connectivity index (χ3v) is 1.17. The van der Waals surface area contributed by atoms with Gasteiger partial charge in [0.1, 0.15) is 0 Å². The van der Waals surface area contributed by atoms with Crippen molar-refractivity contribution in [1.29, 1.82) is 0 Å². The van der Waals surface area contributed by atoms with Crippen LogP contribution in [0.25, 0.3) is 0 Å². The first-order valence-corrected chi connectivity index (χ1v) is 3.79. The molecule has 0 aliphatic heterocycles. The van der Waals surface area contributed by atoms with Crippen molar-refractivity contribution in [2.24, 2.45) is 0 Å². The van der Waals surface area contributed by atoms with Gasteiger partial charge in [-0.15, -0.1) is 6.42 Å². The number of carboxylic acid groups (broad SMARTS) is 1. The van der Waals surface area contributed by atoms with Crippen molar-refractivity contribution >= 4 is 11.9 Å². The Balaban J connectivity index is 3.31. The summed E-state index contributed by atoms with van der Waals surface area (Å²) >= 11 is 0. The van der Waals surface area contributed by atoms with Crippen LogP contribution in [-0.4, -0.2) is 36.6 Å². The number of carbonyl (C=O) groups is 2. The molecule has 0 spiro atoms. The molecule has 1 amide bonds. The summed E-state index contributed by atoms with van der Waals surface area (Å²) in [6.07, 6.45) is 4.86. The maximum Gasteiger partial charge on any atom is 0.305 e. The molecule has 0 saturated carbocycles. The SMILES string of the molecule is C#CCNCC(=O)NCCC(=O)O. The lowest BCUT2D eigenvalue weighted by atomic mass is 10.4. The topological polar surface area (TPSA) is 78.4 Å². The molecule has 0 aliphatic rings. The lowest BCUT2D eigenvalue weighted by molar-refractivity contribution is -0.136. The molecule has 0 rings (SSSR count). The smallest absolute Gasteiger partial charge is 0.305 e. The predicted octanol–water partition coefficient (Wildman–Crippen LogP) is -1.20. The maximum atomic E-state index is 10.9. The van der Waals surface area contributed by atoms with Gasteiger partial charge in [-0.3, -0.25) is 14.9 Å². The summed E-state index contributed by atoms with van der Waals surface area (Å²) in [6, 6.07) is 0. The van der Waals surface area contributed by atoms with Crippen LogP contribution >= 0.6 is 0 Å². The van der Waals surface area contributed by atoms with Crippen LogP contribution in [-0.2, 0) is 9.59 Å². The highest BCUT2D eigenvalue weighted by Crippen LogP contribution is 1.74. The molecule has 5 heteroatoms. The second-order valence-electron chi connectivity index (χ2n) is 2.30. The first-order chi connectivity index (χ1) is 6.16. The van der Waals surface area contributed by atoms with Gasteiger partial charge < -0.3 is 10.4 Å². The van der Waals surface area contributed by atoms with Crippen LogP contribution in [0.3, 0.4) is 0 Å². The van der Waals surface area contributed by atoms with E-state index in [9.17, 15) is 9.59 Å². The summed E-state index contributed by atoms with van der Waals surface area (Å²) in [4.78, 5) is 20.9. The molecule has 3 N–H and O–H groups in total. The van der Waals surface area contributed by atoms with E-state index in [2.05, 4.69) is 16.6 Å². The number of carboxylic acids is 1. The van der Waals surface area contributed by atoms with E-state index in [0.717, 1.165) is 0 Å². The van der Waals surface area contributed by atoms with Gasteiger partial charge in [-0.05, 0) is 0 Å². The second kappa shape index (κ2) is 7.13. The van der Waals surface area contributed by atoms with Crippen LogP contribution in [0, 0.1) is 12.3 Å². The standard InChI is InChI=1S/C8H12N2O3/c1-2-4-9-6-7(11)10-5-3-8(12)13/h1,9H,3-6H2,(H,10,11)(H,12,13). The molecule has 0 fully saturated rings. The zero-order valence-electron chi connectivity index (χ0n) is 7.17. The van der Waals surface area contributed by atoms with Crippen LogP contribution in [0.1, 0.15) is 6.42 Å². The number of rotatable bonds is 6. The van der Waals surface area contributed by atoms with E-state index >= 15 is 0 Å². The van der Waals surface area contributed by atoms with Crippen molar-refractivity contribution < 1.29 is 14.7 Å². The Kier molecular flexibility index (Phi) is 6.28. The van der Waals surface area contributed by atoms with Crippen molar-refractivity contribution in [2.75, 3.05) is 19.6 Å². The summed E-state index contributed by atoms with van der Waals surface area (Å²) in [5.74, 6) is 1.13. The third kappa shape index (κ3) is 8.37. The molecule has 0 bridgehead atoms. The van der Waals surface area contributed by atoms with E-state index in [4.69, 9.17) is 11.5 Å². The molecule has 0 aliphatic carbocycles. The Morgan fingerprint density at radius 1 is 1.46 bits per heavy atom. The molecular formula is C8H12N2O3. The number of carbonyl (C=O) groups excluding carboxylic acids is 1. The molecular weight excluding hydrogens is 172 g/mol. The Labute approximate surface area is 76.5 Å². The average Bonchev–Trinajstić information content (AvgIpc) is 2.04. The van der Waals surface area contributed by atoms with Gasteiger partial charge in [0.2, 0.25) is 5.91 Å². The minimum Gasteiger partial charge on any atom is -0.481 e. The van der Waals surface area contributed by atoms with Gasteiger partial charge in [0, 0.05) is 6.54 Å². The van der Waals surface area contributed by atoms with Crippen molar-refractivity contribution in [3.05, 3.63) is 0 Å². The Morgan fingerprint density at radius 3 is 2.69 bits per heavy atom. The molecule has 0 unspecified atom stereocenters. The molecule has 5 nitrogen and oxygen atoms in total. The molecule has 13 heavy (non-hydrogen) atoms. The molecule has 0 aromatic heterocycles. The summed E-state index contributed by atoms with van der Waals surface area (Å²) in [7, 11) is 0. The first-order valence-electron chi connectivity index (χ1n) is 3.79. The molecule has 0 atom stereocenters. The lowest BCUT2D eigenvalue weighted by Gasteiger charge is -2.02. The minimum absolute atomic E-state index is 0.0686. The molecule has 0 radical (unpaired) electrons. The molecule has 0 heterocycles. The van der Waals surface area contributed by atoms with E-state index in [1.54, 1.807) is 0 Å². The van der Waals surface area contributed by atoms with Gasteiger partial charge in [-0.2, -0.15) is 0 Å². The Bertz CT molecular complexity index is 220. The third-order valence-electron chi connectivity index (χ3n) is 1.17. The Morgan fingerprint density at radius 2 is 2.15 bits per heavy atom. The average molecular weight is 184 g/mol. The fourth-order valence-corrected chi connectivity index (χ4v) is 0.620. The fraction of sp³-hybridized carbons (Fsp3) is 0.500. The molecule has 72 valence electrons. The van der Waals surface area contributed by atoms with Crippen LogP contribution in [0.5, 0.6) is 0 Å². The zero-order chi connectivity index (χ0) is 10.1. The van der Waals surface area contributed by atoms with Gasteiger partial charge in [0.05, 0.1) is 19.5 Å². The monoisotopic (exact) mass is 184 g/mol. The van der Waals surface area contributed by atoms with E-state index < -0.39 is 5.97 Å². The second-order valence-corrected chi connectivity index (χ2v) is 2.30. The fourth-order valence-electron chi connectivity index (χ4n) is 0.620. The summed E-state index contributed by atoms with van der Waals surface area (Å²) in [6.45, 7) is 0.585. The highest BCUT2D eigenvalue weighted by atomic mass is 16.4. The van der Waals surface area contributed by atoms with Crippen LogP contribution < -0.4 is 10.6 Å². The van der Waals surface area contributed by atoms with E-state index in [-0.39, 0.29) is 25.4 Å². The minimum atomic E-state index is -0.933. The number of hydrogen-bond donors (Lipinski definition) is 3. The summed E-state index contributed by atoms with van der Waals surface area (Å²) in [5.41, 5.74) is 0. The summed E-state index contributed by atoms with van der Waals surface area (Å²) < 4.78 is 0. The van der Waals surface area contributed by atoms with Crippen LogP contribution in [0.4, 0.5) is 0 Å². The van der Waals surface area contributed by atoms with E-state index in [1.807, 2.05) is 0 Å². The maximum absolute atomic E-state index is 10.9. The van der Waals surface area contributed by atoms with Gasteiger partial charge >= 0.3 is 5.97 Å². The number of aliphatic carboxylic acids is 1. The van der Waals surface area contributed by atoms with Crippen molar-refractivity contribution in [1.82, 2.24) is 10.6 Å². The molecule has 0 saturated heterocycles. The highest BCUT2D eigenvalue weighted by Gasteiger charge is 2.00. The number of hydrogen-bond acceptors (Lipinski definition) is 3. The number of terminal acetylenes is 1. The quantitative estimate of drug-likeness (QED) is 0.358. The highest BCUT2D eigenvalue weighted by molar-refractivity contribution is 5.78. The van der Waals surface area contributed by atoms with E-state index in [1.165, 1.54) is 0 Å². The summed E-state index contributed by atoms with van der Waals surface area (Å²) in [5, 5.41) is 13.3. The van der Waals surface area contributed by atoms with Crippen molar-refractivity contribution in [2.45, 2.75) is 6.42 Å². The zero-order valence-corrected chi connectivity index (χ0v) is 7.17. The normalized spacial score (nSPS) is 8.85. The largest absolute Gasteiger partial charge is 0.481 e. The lowest BCUT2D eigenvalue weighted by Crippen LogP contribution is -2.35. The molecule has 0 aromatic rings. The number of amides is 1. The predicted molar refractivity (Wildman–Crippen MR) is 47.0 cm³/mol. The van der Waals surface area contributed by atoms with Gasteiger partial charge in [0.15, 0.2) is 0 Å². The van der Waals surface area contributed by atoms with Crippen LogP contribution in [0.15, 0.2) is 0 Å². The van der Waals surface area contributed by atoms with Crippen molar-refractivity contribution in [3.8, 4) is 12.3 Å². The molecule has 0 aromatic carbocycles. The van der Waals surface area contributed by atoms with Crippen molar-refractivity contribution in [3.63, 3.8) is 0 Å². The van der Waals surface area contributed by atoms with Gasteiger partial charge in [-0.25, -0.2) is 0 Å². The van der Waals surface area contributed by atoms with Gasteiger partial charge in [-0.1, -0.05) is 5.92 Å².